The molecule has 1 amide bonds. The second kappa shape index (κ2) is 19.1. The Morgan fingerprint density at radius 3 is 1.69 bits per heavy atom. The van der Waals surface area contributed by atoms with Crippen LogP contribution in [0.4, 0.5) is 17.1 Å². The average molecular weight is 939 g/mol. The molecule has 324 valence electrons. The van der Waals surface area contributed by atoms with Crippen LogP contribution in [-0.2, 0) is 25.8 Å². The van der Waals surface area contributed by atoms with Gasteiger partial charge in [-0.1, -0.05) is 133 Å². The van der Waals surface area contributed by atoms with Gasteiger partial charge < -0.3 is 20.0 Å². The minimum Gasteiger partial charge on any atom is -0.480 e. The van der Waals surface area contributed by atoms with Gasteiger partial charge in [0, 0.05) is 17.1 Å². The lowest BCUT2D eigenvalue weighted by Gasteiger charge is -2.26. The highest BCUT2D eigenvalue weighted by Gasteiger charge is 2.35. The van der Waals surface area contributed by atoms with Gasteiger partial charge in [0.1, 0.15) is 36.2 Å². The number of carbonyl (C=O) groups excluding carboxylic acids is 1. The van der Waals surface area contributed by atoms with Gasteiger partial charge in [-0.2, -0.15) is 0 Å². The molecule has 1 aliphatic rings. The summed E-state index contributed by atoms with van der Waals surface area (Å²) in [6.45, 7) is 2.00. The molecule has 3 N–H and O–H groups in total. The van der Waals surface area contributed by atoms with Crippen LogP contribution in [0.1, 0.15) is 5.56 Å². The first-order valence-electron chi connectivity index (χ1n) is 19.5. The maximum atomic E-state index is 13.9. The summed E-state index contributed by atoms with van der Waals surface area (Å²) in [6.07, 6.45) is 4.94. The molecule has 17 heteroatoms. The summed E-state index contributed by atoms with van der Waals surface area (Å²) >= 11 is 7.48. The molecule has 2 aromatic heterocycles. The summed E-state index contributed by atoms with van der Waals surface area (Å²) in [4.78, 5) is 71.4. The average Bonchev–Trinajstić information content (AvgIpc) is 3.92. The van der Waals surface area contributed by atoms with Gasteiger partial charge in [0.2, 0.25) is 5.88 Å². The van der Waals surface area contributed by atoms with Crippen LogP contribution in [0.2, 0.25) is 0 Å². The van der Waals surface area contributed by atoms with E-state index in [2.05, 4.69) is 89.2 Å². The molecule has 0 spiro atoms. The number of hydrogen-bond donors (Lipinski definition) is 3. The molecule has 13 nitrogen and oxygen atoms in total. The Labute approximate surface area is 386 Å². The maximum Gasteiger partial charge on any atom is 0.323 e. The smallest absolute Gasteiger partial charge is 0.323 e. The molecule has 0 aliphatic carbocycles. The minimum atomic E-state index is -1.40. The number of anilines is 3. The van der Waals surface area contributed by atoms with E-state index in [4.69, 9.17) is 12.2 Å². The van der Waals surface area contributed by atoms with E-state index in [0.29, 0.717) is 11.3 Å². The lowest BCUT2D eigenvalue weighted by Crippen LogP contribution is -2.35. The SMILES string of the molecule is C=C(OO)n1c(=O)c(=CC=Cc2ccc(N(c3ccc(-c4ccccc4)cc3)c3ccc(-c4ccccc4)cc3)cc2)s/c1=c1/sc(=C2SC(=S)N(CC(=O)O)C2=O)n(CC(=O)O)c1=O. The molecule has 0 atom stereocenters. The van der Waals surface area contributed by atoms with E-state index in [-0.39, 0.29) is 27.6 Å². The van der Waals surface area contributed by atoms with Crippen LogP contribution >= 0.6 is 46.7 Å². The fraction of sp³-hybridized carbons (Fsp3) is 0.0417. The fourth-order valence-electron chi connectivity index (χ4n) is 7.00. The summed E-state index contributed by atoms with van der Waals surface area (Å²) in [5, 5.41) is 28.5. The molecule has 1 fully saturated rings. The molecule has 7 aromatic rings. The van der Waals surface area contributed by atoms with E-state index in [1.165, 1.54) is 6.08 Å². The van der Waals surface area contributed by atoms with E-state index in [1.54, 1.807) is 12.2 Å². The van der Waals surface area contributed by atoms with Gasteiger partial charge >= 0.3 is 11.9 Å². The zero-order valence-electron chi connectivity index (χ0n) is 33.8. The third-order valence-corrected chi connectivity index (χ3v) is 14.0. The highest BCUT2D eigenvalue weighted by molar-refractivity contribution is 8.30. The predicted molar refractivity (Wildman–Crippen MR) is 259 cm³/mol. The van der Waals surface area contributed by atoms with Gasteiger partial charge in [0.05, 0.1) is 4.53 Å². The number of amides is 1. The van der Waals surface area contributed by atoms with Crippen LogP contribution < -0.4 is 25.2 Å². The lowest BCUT2D eigenvalue weighted by molar-refractivity contribution is -0.176. The summed E-state index contributed by atoms with van der Waals surface area (Å²) in [6, 6.07) is 44.9. The van der Waals surface area contributed by atoms with Crippen molar-refractivity contribution in [2.75, 3.05) is 11.4 Å². The van der Waals surface area contributed by atoms with E-state index >= 15 is 0 Å². The Balaban J connectivity index is 1.16. The fourth-order valence-corrected chi connectivity index (χ4v) is 10.7. The molecule has 1 saturated heterocycles. The second-order valence-corrected chi connectivity index (χ2v) is 17.9. The lowest BCUT2D eigenvalue weighted by atomic mass is 10.0. The summed E-state index contributed by atoms with van der Waals surface area (Å²) in [5.41, 5.74) is 6.44. The van der Waals surface area contributed by atoms with E-state index in [1.807, 2.05) is 60.7 Å². The Bertz CT molecular complexity index is 3300. The quantitative estimate of drug-likeness (QED) is 0.0445. The Morgan fingerprint density at radius 1 is 0.677 bits per heavy atom. The molecule has 0 bridgehead atoms. The van der Waals surface area contributed by atoms with Crippen molar-refractivity contribution in [2.24, 2.45) is 0 Å². The number of thiazole rings is 2. The van der Waals surface area contributed by atoms with Crippen molar-refractivity contribution < 1.29 is 34.7 Å². The second-order valence-electron chi connectivity index (χ2n) is 14.2. The summed E-state index contributed by atoms with van der Waals surface area (Å²) in [5.74, 6) is -4.09. The van der Waals surface area contributed by atoms with E-state index < -0.39 is 47.9 Å². The molecule has 0 radical (unpaired) electrons. The Hall–Kier alpha value is -7.41. The molecule has 3 heterocycles. The van der Waals surface area contributed by atoms with Crippen molar-refractivity contribution in [1.29, 1.82) is 0 Å². The number of thioether (sulfide) groups is 1. The first-order chi connectivity index (χ1) is 31.4. The van der Waals surface area contributed by atoms with Gasteiger partial charge in [-0.05, 0) is 76.9 Å². The summed E-state index contributed by atoms with van der Waals surface area (Å²) < 4.78 is 1.37. The number of carboxylic acids is 2. The third kappa shape index (κ3) is 9.31. The third-order valence-electron chi connectivity index (χ3n) is 10.0. The van der Waals surface area contributed by atoms with Gasteiger partial charge in [0.15, 0.2) is 0 Å². The van der Waals surface area contributed by atoms with Crippen LogP contribution in [0.5, 0.6) is 0 Å². The predicted octanol–water partition coefficient (Wildman–Crippen LogP) is 7.77. The van der Waals surface area contributed by atoms with Crippen molar-refractivity contribution >= 4 is 109 Å². The highest BCUT2D eigenvalue weighted by Crippen LogP contribution is 2.37. The Kier molecular flexibility index (Phi) is 13.0. The highest BCUT2D eigenvalue weighted by atomic mass is 32.2. The summed E-state index contributed by atoms with van der Waals surface area (Å²) in [7, 11) is 0. The van der Waals surface area contributed by atoms with Gasteiger partial charge in [-0.3, -0.25) is 33.4 Å². The van der Waals surface area contributed by atoms with Crippen LogP contribution in [-0.4, -0.2) is 58.2 Å². The van der Waals surface area contributed by atoms with Gasteiger partial charge in [-0.25, -0.2) is 9.82 Å². The minimum absolute atomic E-state index is 0.0619. The standard InChI is InChI=1S/C48H34N4O9S4/c1-29(61-60)51-43(57)38(63-47(51)42-44(58)49(27-39(53)54)46(64-42)41-45(59)50(28-40(55)56)48(62)65-41)14-8-9-30-15-21-35(22-16-30)52(36-23-17-33(18-24-36)31-10-4-2-5-11-31)37-25-19-34(20-26-37)32-12-6-3-7-13-32/h2-26,60H,1,27-28H2,(H,53,54)(H,55,56)/b9-8?,38-14?,46-41?,47-42+. The number of aromatic nitrogens is 2. The molecule has 5 aromatic carbocycles. The number of carbonyl (C=O) groups is 3. The number of aliphatic carboxylic acids is 2. The molecule has 1 aliphatic heterocycles. The molecular formula is C48H34N4O9S4. The van der Waals surface area contributed by atoms with Gasteiger partial charge in [0.25, 0.3) is 17.0 Å². The van der Waals surface area contributed by atoms with Crippen molar-refractivity contribution in [3.8, 4) is 22.3 Å². The van der Waals surface area contributed by atoms with Crippen molar-refractivity contribution in [2.45, 2.75) is 6.54 Å². The largest absolute Gasteiger partial charge is 0.480 e. The first kappa shape index (κ1) is 44.2. The van der Waals surface area contributed by atoms with Crippen LogP contribution in [0.25, 0.3) is 45.2 Å². The van der Waals surface area contributed by atoms with Crippen molar-refractivity contribution in [3.05, 3.63) is 191 Å². The molecule has 0 unspecified atom stereocenters. The van der Waals surface area contributed by atoms with E-state index in [9.17, 15) is 39.4 Å². The zero-order valence-corrected chi connectivity index (χ0v) is 37.0. The number of rotatable bonds is 13. The van der Waals surface area contributed by atoms with Crippen molar-refractivity contribution in [3.63, 3.8) is 0 Å². The maximum absolute atomic E-state index is 13.9. The molecule has 8 rings (SSSR count). The monoisotopic (exact) mass is 938 g/mol. The number of nitrogens with zero attached hydrogens (tertiary/aromatic N) is 4. The first-order valence-corrected chi connectivity index (χ1v) is 22.3. The van der Waals surface area contributed by atoms with Gasteiger partial charge in [-0.15, -0.1) is 22.7 Å². The molecular weight excluding hydrogens is 905 g/mol. The number of hydrogen-bond acceptors (Lipinski definition) is 12. The number of benzene rings is 5. The topological polar surface area (TPSA) is 172 Å². The molecule has 65 heavy (non-hydrogen) atoms. The van der Waals surface area contributed by atoms with E-state index in [0.717, 1.165) is 82.0 Å². The number of carboxylic acid groups (broad SMARTS) is 2. The Morgan fingerprint density at radius 2 is 1.18 bits per heavy atom. The number of thiocarbonyl (C=S) groups is 1. The normalized spacial score (nSPS) is 14.3. The number of allylic oxidation sites excluding steroid dienone is 1. The van der Waals surface area contributed by atoms with Crippen LogP contribution in [0, 0.1) is 9.20 Å². The van der Waals surface area contributed by atoms with Crippen LogP contribution in [0.3, 0.4) is 0 Å². The molecule has 0 saturated carbocycles. The zero-order chi connectivity index (χ0) is 45.8. The van der Waals surface area contributed by atoms with Crippen molar-refractivity contribution in [1.82, 2.24) is 14.0 Å². The van der Waals surface area contributed by atoms with Crippen LogP contribution in [0.15, 0.2) is 156 Å².